The zero-order valence-electron chi connectivity index (χ0n) is 12.0. The summed E-state index contributed by atoms with van der Waals surface area (Å²) < 4.78 is 5.28. The van der Waals surface area contributed by atoms with Gasteiger partial charge in [-0.1, -0.05) is 0 Å². The topological polar surface area (TPSA) is 57.4 Å². The molecule has 20 heavy (non-hydrogen) atoms. The summed E-state index contributed by atoms with van der Waals surface area (Å²) in [7, 11) is 5.18. The minimum Gasteiger partial charge on any atom is -0.497 e. The van der Waals surface area contributed by atoms with E-state index in [0.29, 0.717) is 0 Å². The minimum absolute atomic E-state index is 0.0398. The third-order valence-corrected chi connectivity index (χ3v) is 3.84. The maximum Gasteiger partial charge on any atom is 0.317 e. The first-order valence-corrected chi connectivity index (χ1v) is 6.73. The van der Waals surface area contributed by atoms with Crippen molar-refractivity contribution in [3.63, 3.8) is 0 Å². The number of H-pyrrole nitrogens is 1. The van der Waals surface area contributed by atoms with E-state index in [0.717, 1.165) is 24.1 Å². The van der Waals surface area contributed by atoms with Gasteiger partial charge in [0, 0.05) is 43.2 Å². The average molecular weight is 273 g/mol. The fourth-order valence-corrected chi connectivity index (χ4v) is 2.79. The van der Waals surface area contributed by atoms with Gasteiger partial charge in [0.15, 0.2) is 0 Å². The van der Waals surface area contributed by atoms with Crippen molar-refractivity contribution in [1.82, 2.24) is 15.2 Å². The number of urea groups is 1. The van der Waals surface area contributed by atoms with Crippen molar-refractivity contribution in [3.8, 4) is 5.75 Å². The van der Waals surface area contributed by atoms with Crippen molar-refractivity contribution < 1.29 is 9.53 Å². The molecule has 1 aromatic carbocycles. The number of ether oxygens (including phenoxy) is 1. The van der Waals surface area contributed by atoms with Crippen LogP contribution in [0.2, 0.25) is 0 Å². The van der Waals surface area contributed by atoms with E-state index >= 15 is 0 Å². The first-order valence-electron chi connectivity index (χ1n) is 6.73. The molecule has 2 aromatic rings. The second-order valence-electron chi connectivity index (χ2n) is 5.44. The number of hydrogen-bond donors (Lipinski definition) is 2. The Morgan fingerprint density at radius 3 is 2.90 bits per heavy atom. The van der Waals surface area contributed by atoms with Crippen molar-refractivity contribution in [2.75, 3.05) is 21.2 Å². The van der Waals surface area contributed by atoms with Crippen molar-refractivity contribution in [3.05, 3.63) is 29.5 Å². The third kappa shape index (κ3) is 2.09. The van der Waals surface area contributed by atoms with Crippen LogP contribution in [-0.4, -0.2) is 43.2 Å². The maximum atomic E-state index is 11.7. The van der Waals surface area contributed by atoms with Gasteiger partial charge in [-0.25, -0.2) is 4.79 Å². The van der Waals surface area contributed by atoms with Crippen LogP contribution in [0.3, 0.4) is 0 Å². The molecule has 1 aliphatic rings. The highest BCUT2D eigenvalue weighted by Gasteiger charge is 2.27. The summed E-state index contributed by atoms with van der Waals surface area (Å²) in [4.78, 5) is 16.7. The largest absolute Gasteiger partial charge is 0.497 e. The van der Waals surface area contributed by atoms with Crippen LogP contribution in [0, 0.1) is 0 Å². The van der Waals surface area contributed by atoms with Gasteiger partial charge >= 0.3 is 6.03 Å². The van der Waals surface area contributed by atoms with Gasteiger partial charge in [-0.15, -0.1) is 0 Å². The predicted molar refractivity (Wildman–Crippen MR) is 78.3 cm³/mol. The number of amides is 2. The summed E-state index contributed by atoms with van der Waals surface area (Å²) in [6.45, 7) is 0. The average Bonchev–Trinajstić information content (AvgIpc) is 2.95. The molecule has 5 heteroatoms. The number of carbonyl (C=O) groups is 1. The Bertz CT molecular complexity index is 660. The van der Waals surface area contributed by atoms with Crippen LogP contribution in [0.15, 0.2) is 18.2 Å². The molecule has 0 radical (unpaired) electrons. The van der Waals surface area contributed by atoms with Gasteiger partial charge in [0.1, 0.15) is 5.75 Å². The number of nitrogens with zero attached hydrogens (tertiary/aromatic N) is 1. The lowest BCUT2D eigenvalue weighted by atomic mass is 10.1. The van der Waals surface area contributed by atoms with E-state index in [4.69, 9.17) is 4.74 Å². The molecule has 2 N–H and O–H groups in total. The number of methoxy groups -OCH3 is 1. The van der Waals surface area contributed by atoms with Crippen LogP contribution in [0.25, 0.3) is 10.9 Å². The van der Waals surface area contributed by atoms with E-state index in [-0.39, 0.29) is 12.1 Å². The zero-order chi connectivity index (χ0) is 14.3. The maximum absolute atomic E-state index is 11.7. The molecule has 0 bridgehead atoms. The van der Waals surface area contributed by atoms with Crippen molar-refractivity contribution in [2.24, 2.45) is 0 Å². The highest BCUT2D eigenvalue weighted by Crippen LogP contribution is 2.32. The van der Waals surface area contributed by atoms with Gasteiger partial charge < -0.3 is 19.9 Å². The summed E-state index contributed by atoms with van der Waals surface area (Å²) in [6, 6.07) is 6.18. The fourth-order valence-electron chi connectivity index (χ4n) is 2.79. The number of hydrogen-bond acceptors (Lipinski definition) is 2. The Kier molecular flexibility index (Phi) is 3.04. The van der Waals surface area contributed by atoms with E-state index in [9.17, 15) is 4.79 Å². The summed E-state index contributed by atoms with van der Waals surface area (Å²) in [6.07, 6.45) is 1.72. The van der Waals surface area contributed by atoms with Crippen LogP contribution in [0.4, 0.5) is 4.79 Å². The molecule has 0 saturated carbocycles. The lowest BCUT2D eigenvalue weighted by molar-refractivity contribution is 0.213. The monoisotopic (exact) mass is 273 g/mol. The molecule has 1 aromatic heterocycles. The molecule has 0 fully saturated rings. The lowest BCUT2D eigenvalue weighted by Crippen LogP contribution is -2.41. The number of nitrogens with one attached hydrogen (secondary N) is 2. The number of benzene rings is 1. The van der Waals surface area contributed by atoms with Crippen LogP contribution in [0.5, 0.6) is 5.75 Å². The highest BCUT2D eigenvalue weighted by molar-refractivity contribution is 5.87. The summed E-state index contributed by atoms with van der Waals surface area (Å²) in [5, 5.41) is 4.24. The molecular weight excluding hydrogens is 254 g/mol. The Hall–Kier alpha value is -2.17. The Morgan fingerprint density at radius 2 is 2.20 bits per heavy atom. The Labute approximate surface area is 117 Å². The lowest BCUT2D eigenvalue weighted by Gasteiger charge is -2.17. The molecule has 2 amide bonds. The minimum atomic E-state index is -0.0398. The molecule has 106 valence electrons. The van der Waals surface area contributed by atoms with E-state index in [2.05, 4.69) is 16.4 Å². The quantitative estimate of drug-likeness (QED) is 0.878. The van der Waals surface area contributed by atoms with Gasteiger partial charge in [0.05, 0.1) is 7.11 Å². The van der Waals surface area contributed by atoms with Crippen molar-refractivity contribution in [2.45, 2.75) is 18.9 Å². The van der Waals surface area contributed by atoms with Gasteiger partial charge in [-0.3, -0.25) is 0 Å². The van der Waals surface area contributed by atoms with Gasteiger partial charge in [-0.2, -0.15) is 0 Å². The first-order chi connectivity index (χ1) is 9.58. The molecule has 5 nitrogen and oxygen atoms in total. The number of fused-ring (bicyclic) bond motifs is 3. The van der Waals surface area contributed by atoms with Gasteiger partial charge in [0.2, 0.25) is 0 Å². The van der Waals surface area contributed by atoms with Crippen molar-refractivity contribution in [1.29, 1.82) is 0 Å². The van der Waals surface area contributed by atoms with E-state index < -0.39 is 0 Å². The summed E-state index contributed by atoms with van der Waals surface area (Å²) >= 11 is 0. The predicted octanol–water partition coefficient (Wildman–Crippen LogP) is 1.91. The first kappa shape index (κ1) is 12.8. The molecule has 1 aliphatic carbocycles. The normalized spacial score (nSPS) is 17.1. The Morgan fingerprint density at radius 1 is 1.40 bits per heavy atom. The second kappa shape index (κ2) is 4.74. The van der Waals surface area contributed by atoms with E-state index in [1.165, 1.54) is 16.6 Å². The fraction of sp³-hybridized carbons (Fsp3) is 0.400. The molecule has 1 unspecified atom stereocenters. The molecule has 0 saturated heterocycles. The smallest absolute Gasteiger partial charge is 0.317 e. The molecule has 1 heterocycles. The summed E-state index contributed by atoms with van der Waals surface area (Å²) in [5.41, 5.74) is 3.65. The van der Waals surface area contributed by atoms with Gasteiger partial charge in [0.25, 0.3) is 0 Å². The van der Waals surface area contributed by atoms with Crippen LogP contribution in [-0.2, 0) is 12.8 Å². The Balaban J connectivity index is 1.85. The molecule has 0 aliphatic heterocycles. The highest BCUT2D eigenvalue weighted by atomic mass is 16.5. The molecule has 0 spiro atoms. The van der Waals surface area contributed by atoms with Crippen molar-refractivity contribution >= 4 is 16.9 Å². The molecule has 3 rings (SSSR count). The summed E-state index contributed by atoms with van der Waals surface area (Å²) in [5.74, 6) is 0.861. The zero-order valence-corrected chi connectivity index (χ0v) is 12.0. The van der Waals surface area contributed by atoms with Crippen LogP contribution < -0.4 is 10.1 Å². The standard InChI is InChI=1S/C15H19N3O2/c1-18(2)15(19)16-9-6-11-12-8-10(20-3)4-5-13(12)17-14(11)7-9/h4-5,8-9,17H,6-7H2,1-3H3,(H,16,19). The third-order valence-electron chi connectivity index (χ3n) is 3.84. The van der Waals surface area contributed by atoms with Crippen LogP contribution >= 0.6 is 0 Å². The number of aromatic amines is 1. The SMILES string of the molecule is COc1ccc2[nH]c3c(c2c1)CC(NC(=O)N(C)C)C3. The number of aromatic nitrogens is 1. The second-order valence-corrected chi connectivity index (χ2v) is 5.44. The van der Waals surface area contributed by atoms with E-state index in [1.54, 1.807) is 26.1 Å². The van der Waals surface area contributed by atoms with Crippen LogP contribution in [0.1, 0.15) is 11.3 Å². The molecular formula is C15H19N3O2. The number of rotatable bonds is 2. The van der Waals surface area contributed by atoms with E-state index in [1.807, 2.05) is 12.1 Å². The number of carbonyl (C=O) groups excluding carboxylic acids is 1. The van der Waals surface area contributed by atoms with Gasteiger partial charge in [-0.05, 0) is 30.2 Å². The molecule has 1 atom stereocenters.